The summed E-state index contributed by atoms with van der Waals surface area (Å²) in [5.74, 6) is 0.916. The van der Waals surface area contributed by atoms with Crippen molar-refractivity contribution in [2.24, 2.45) is 0 Å². The van der Waals surface area contributed by atoms with E-state index in [1.165, 1.54) is 18.2 Å². The third-order valence-corrected chi connectivity index (χ3v) is 5.47. The van der Waals surface area contributed by atoms with Crippen molar-refractivity contribution in [3.8, 4) is 11.5 Å². The quantitative estimate of drug-likeness (QED) is 0.759. The molecule has 2 aromatic carbocycles. The molecule has 0 saturated heterocycles. The fourth-order valence-corrected chi connectivity index (χ4v) is 4.34. The van der Waals surface area contributed by atoms with Gasteiger partial charge in [-0.15, -0.1) is 0 Å². The molecule has 0 aliphatic carbocycles. The molecule has 2 N–H and O–H groups in total. The molecule has 8 heteroatoms. The SMILES string of the molecule is O=S1(=O)Nc2cc3c(cc2C(O)c2ccc(Cl)cc21)OCCO3. The number of fused-ring (bicyclic) bond motifs is 3. The van der Waals surface area contributed by atoms with Gasteiger partial charge in [-0.3, -0.25) is 4.72 Å². The fourth-order valence-electron chi connectivity index (χ4n) is 2.75. The maximum atomic E-state index is 12.6. The highest BCUT2D eigenvalue weighted by molar-refractivity contribution is 7.92. The third kappa shape index (κ3) is 2.32. The van der Waals surface area contributed by atoms with Gasteiger partial charge < -0.3 is 14.6 Å². The van der Waals surface area contributed by atoms with Crippen LogP contribution in [0, 0.1) is 0 Å². The lowest BCUT2D eigenvalue weighted by atomic mass is 9.99. The van der Waals surface area contributed by atoms with Gasteiger partial charge in [0.05, 0.1) is 10.6 Å². The highest BCUT2D eigenvalue weighted by Gasteiger charge is 2.32. The number of aliphatic hydroxyl groups is 1. The van der Waals surface area contributed by atoms with Crippen LogP contribution in [-0.2, 0) is 10.0 Å². The largest absolute Gasteiger partial charge is 0.486 e. The standard InChI is InChI=1S/C15H12ClNO5S/c16-8-1-2-9-14(5-8)23(19,20)17-11-7-13-12(21-3-4-22-13)6-10(11)15(9)18/h1-2,5-7,15,17-18H,3-4H2. The predicted molar refractivity (Wildman–Crippen MR) is 83.8 cm³/mol. The average Bonchev–Trinajstić information content (AvgIpc) is 2.60. The summed E-state index contributed by atoms with van der Waals surface area (Å²) >= 11 is 5.91. The zero-order valence-corrected chi connectivity index (χ0v) is 13.3. The Labute approximate surface area is 137 Å². The lowest BCUT2D eigenvalue weighted by Crippen LogP contribution is -2.17. The van der Waals surface area contributed by atoms with E-state index in [0.29, 0.717) is 30.3 Å². The molecule has 0 amide bonds. The highest BCUT2D eigenvalue weighted by Crippen LogP contribution is 2.43. The van der Waals surface area contributed by atoms with E-state index in [4.69, 9.17) is 21.1 Å². The van der Waals surface area contributed by atoms with Crippen molar-refractivity contribution in [2.45, 2.75) is 11.0 Å². The summed E-state index contributed by atoms with van der Waals surface area (Å²) in [6.07, 6.45) is -1.13. The van der Waals surface area contributed by atoms with Crippen molar-refractivity contribution >= 4 is 27.3 Å². The van der Waals surface area contributed by atoms with Crippen molar-refractivity contribution in [3.63, 3.8) is 0 Å². The first-order chi connectivity index (χ1) is 11.0. The monoisotopic (exact) mass is 353 g/mol. The molecule has 2 aromatic rings. The van der Waals surface area contributed by atoms with Gasteiger partial charge in [0.1, 0.15) is 19.3 Å². The van der Waals surface area contributed by atoms with E-state index >= 15 is 0 Å². The number of ether oxygens (including phenoxy) is 2. The van der Waals surface area contributed by atoms with Crippen LogP contribution in [0.1, 0.15) is 17.2 Å². The van der Waals surface area contributed by atoms with Gasteiger partial charge >= 0.3 is 0 Å². The Kier molecular flexibility index (Phi) is 3.19. The van der Waals surface area contributed by atoms with Crippen molar-refractivity contribution in [2.75, 3.05) is 17.9 Å². The molecule has 23 heavy (non-hydrogen) atoms. The van der Waals surface area contributed by atoms with Gasteiger partial charge in [-0.25, -0.2) is 8.42 Å². The van der Waals surface area contributed by atoms with Gasteiger partial charge in [-0.05, 0) is 18.2 Å². The van der Waals surface area contributed by atoms with Gasteiger partial charge in [0.2, 0.25) is 0 Å². The lowest BCUT2D eigenvalue weighted by molar-refractivity contribution is 0.170. The number of anilines is 1. The number of sulfonamides is 1. The van der Waals surface area contributed by atoms with Crippen molar-refractivity contribution in [1.29, 1.82) is 0 Å². The van der Waals surface area contributed by atoms with Crippen molar-refractivity contribution in [3.05, 3.63) is 46.5 Å². The van der Waals surface area contributed by atoms with Gasteiger partial charge in [-0.2, -0.15) is 0 Å². The van der Waals surface area contributed by atoms with Crippen LogP contribution in [-0.4, -0.2) is 26.7 Å². The van der Waals surface area contributed by atoms with Gasteiger partial charge in [0, 0.05) is 22.2 Å². The fraction of sp³-hybridized carbons (Fsp3) is 0.200. The maximum absolute atomic E-state index is 12.6. The summed E-state index contributed by atoms with van der Waals surface area (Å²) in [4.78, 5) is -0.0477. The zero-order valence-electron chi connectivity index (χ0n) is 11.7. The Morgan fingerprint density at radius 1 is 1.09 bits per heavy atom. The Morgan fingerprint density at radius 3 is 2.52 bits per heavy atom. The van der Waals surface area contributed by atoms with Crippen molar-refractivity contribution < 1.29 is 23.0 Å². The van der Waals surface area contributed by atoms with Gasteiger partial charge in [0.15, 0.2) is 11.5 Å². The molecule has 0 bridgehead atoms. The molecule has 1 atom stereocenters. The Bertz CT molecular complexity index is 912. The molecular weight excluding hydrogens is 342 g/mol. The van der Waals surface area contributed by atoms with Gasteiger partial charge in [-0.1, -0.05) is 17.7 Å². The van der Waals surface area contributed by atoms with E-state index in [9.17, 15) is 13.5 Å². The Balaban J connectivity index is 1.97. The highest BCUT2D eigenvalue weighted by atomic mass is 35.5. The summed E-state index contributed by atoms with van der Waals surface area (Å²) < 4.78 is 38.6. The zero-order chi connectivity index (χ0) is 16.2. The first-order valence-electron chi connectivity index (χ1n) is 6.89. The molecule has 2 aliphatic rings. The number of rotatable bonds is 0. The molecule has 0 spiro atoms. The minimum Gasteiger partial charge on any atom is -0.486 e. The molecule has 2 heterocycles. The number of halogens is 1. The number of aliphatic hydroxyl groups excluding tert-OH is 1. The second-order valence-electron chi connectivity index (χ2n) is 5.27. The Hall–Kier alpha value is -1.96. The minimum absolute atomic E-state index is 0.0477. The normalized spacial score (nSPS) is 20.7. The van der Waals surface area contributed by atoms with Crippen LogP contribution in [0.5, 0.6) is 11.5 Å². The molecule has 0 saturated carbocycles. The maximum Gasteiger partial charge on any atom is 0.262 e. The second-order valence-corrected chi connectivity index (χ2v) is 7.36. The molecule has 0 radical (unpaired) electrons. The molecule has 120 valence electrons. The predicted octanol–water partition coefficient (Wildman–Crippen LogP) is 2.31. The minimum atomic E-state index is -3.86. The first kappa shape index (κ1) is 14.6. The lowest BCUT2D eigenvalue weighted by Gasteiger charge is -2.21. The first-order valence-corrected chi connectivity index (χ1v) is 8.76. The summed E-state index contributed by atoms with van der Waals surface area (Å²) in [7, 11) is -3.86. The van der Waals surface area contributed by atoms with Crippen LogP contribution >= 0.6 is 11.6 Å². The third-order valence-electron chi connectivity index (χ3n) is 3.81. The van der Waals surface area contributed by atoms with E-state index in [2.05, 4.69) is 4.72 Å². The molecule has 0 aromatic heterocycles. The Morgan fingerprint density at radius 2 is 1.78 bits per heavy atom. The smallest absolute Gasteiger partial charge is 0.262 e. The number of hydrogen-bond donors (Lipinski definition) is 2. The molecule has 0 fully saturated rings. The van der Waals surface area contributed by atoms with Gasteiger partial charge in [0.25, 0.3) is 10.0 Å². The molecule has 1 unspecified atom stereocenters. The van der Waals surface area contributed by atoms with E-state index in [-0.39, 0.29) is 21.2 Å². The summed E-state index contributed by atoms with van der Waals surface area (Å²) in [6.45, 7) is 0.788. The summed E-state index contributed by atoms with van der Waals surface area (Å²) in [6, 6.07) is 7.50. The topological polar surface area (TPSA) is 84.9 Å². The number of hydrogen-bond acceptors (Lipinski definition) is 5. The number of benzene rings is 2. The van der Waals surface area contributed by atoms with E-state index in [1.54, 1.807) is 12.1 Å². The average molecular weight is 354 g/mol. The second kappa shape index (κ2) is 5.02. The van der Waals surface area contributed by atoms with E-state index in [0.717, 1.165) is 0 Å². The molecule has 6 nitrogen and oxygen atoms in total. The van der Waals surface area contributed by atoms with Crippen LogP contribution in [0.3, 0.4) is 0 Å². The van der Waals surface area contributed by atoms with Crippen LogP contribution in [0.4, 0.5) is 5.69 Å². The molecule has 4 rings (SSSR count). The number of nitrogens with one attached hydrogen (secondary N) is 1. The molecule has 2 aliphatic heterocycles. The summed E-state index contributed by atoms with van der Waals surface area (Å²) in [5.41, 5.74) is 0.922. The van der Waals surface area contributed by atoms with Crippen LogP contribution in [0.2, 0.25) is 5.02 Å². The summed E-state index contributed by atoms with van der Waals surface area (Å²) in [5, 5.41) is 11.0. The van der Waals surface area contributed by atoms with Crippen molar-refractivity contribution in [1.82, 2.24) is 0 Å². The molecular formula is C15H12ClNO5S. The van der Waals surface area contributed by atoms with Crippen LogP contribution < -0.4 is 14.2 Å². The van der Waals surface area contributed by atoms with E-state index < -0.39 is 16.1 Å². The van der Waals surface area contributed by atoms with Crippen LogP contribution in [0.25, 0.3) is 0 Å². The van der Waals surface area contributed by atoms with E-state index in [1.807, 2.05) is 0 Å². The van der Waals surface area contributed by atoms with Crippen LogP contribution in [0.15, 0.2) is 35.2 Å².